The van der Waals surface area contributed by atoms with Crippen molar-refractivity contribution in [1.82, 2.24) is 4.98 Å². The maximum Gasteiger partial charge on any atom is 0.197 e. The Labute approximate surface area is 151 Å². The number of nitrogens with two attached hydrogens (primary N) is 1. The summed E-state index contributed by atoms with van der Waals surface area (Å²) in [4.78, 5) is 41.9. The van der Waals surface area contributed by atoms with Gasteiger partial charge in [-0.2, -0.15) is 0 Å². The Balaban J connectivity index is 1.95. The molecule has 27 heavy (non-hydrogen) atoms. The van der Waals surface area contributed by atoms with Gasteiger partial charge in [0.2, 0.25) is 0 Å². The van der Waals surface area contributed by atoms with Crippen LogP contribution in [0.2, 0.25) is 0 Å². The fraction of sp³-hybridized carbons (Fsp3) is 0. The highest BCUT2D eigenvalue weighted by molar-refractivity contribution is 6.31. The number of aromatic nitrogens is 1. The summed E-state index contributed by atoms with van der Waals surface area (Å²) in [6.45, 7) is 0. The molecular weight excluding hydrogens is 344 g/mol. The Bertz CT molecular complexity index is 1400. The van der Waals surface area contributed by atoms with E-state index in [4.69, 9.17) is 5.73 Å². The first-order valence-electron chi connectivity index (χ1n) is 8.27. The van der Waals surface area contributed by atoms with Crippen LogP contribution < -0.4 is 11.2 Å². The minimum atomic E-state index is -0.327. The molecule has 1 aromatic heterocycles. The molecule has 6 heteroatoms. The topological polar surface area (TPSA) is 113 Å². The van der Waals surface area contributed by atoms with Crippen LogP contribution >= 0.6 is 0 Å². The minimum Gasteiger partial charge on any atom is -0.506 e. The number of rotatable bonds is 0. The van der Waals surface area contributed by atoms with Gasteiger partial charge < -0.3 is 15.8 Å². The van der Waals surface area contributed by atoms with Gasteiger partial charge in [-0.25, -0.2) is 0 Å². The minimum absolute atomic E-state index is 0.0884. The van der Waals surface area contributed by atoms with Gasteiger partial charge in [-0.15, -0.1) is 0 Å². The molecule has 0 saturated carbocycles. The maximum absolute atomic E-state index is 13.1. The monoisotopic (exact) mass is 356 g/mol. The van der Waals surface area contributed by atoms with Gasteiger partial charge in [-0.05, 0) is 18.2 Å². The number of hydrogen-bond donors (Lipinski definition) is 3. The van der Waals surface area contributed by atoms with Crippen LogP contribution in [-0.4, -0.2) is 21.7 Å². The van der Waals surface area contributed by atoms with E-state index in [0.717, 1.165) is 0 Å². The van der Waals surface area contributed by atoms with Crippen LogP contribution in [0.25, 0.3) is 21.8 Å². The van der Waals surface area contributed by atoms with Crippen molar-refractivity contribution in [3.63, 3.8) is 0 Å². The molecule has 0 spiro atoms. The summed E-state index contributed by atoms with van der Waals surface area (Å²) >= 11 is 0. The van der Waals surface area contributed by atoms with E-state index in [1.807, 2.05) is 0 Å². The predicted octanol–water partition coefficient (Wildman–Crippen LogP) is 2.74. The number of nitrogens with one attached hydrogen (secondary N) is 1. The van der Waals surface area contributed by atoms with Gasteiger partial charge >= 0.3 is 0 Å². The Morgan fingerprint density at radius 1 is 0.815 bits per heavy atom. The first-order valence-corrected chi connectivity index (χ1v) is 8.27. The molecule has 0 saturated heterocycles. The third kappa shape index (κ3) is 1.92. The van der Waals surface area contributed by atoms with Crippen molar-refractivity contribution < 1.29 is 14.7 Å². The predicted molar refractivity (Wildman–Crippen MR) is 101 cm³/mol. The molecule has 0 fully saturated rings. The summed E-state index contributed by atoms with van der Waals surface area (Å²) in [7, 11) is 0. The molecule has 130 valence electrons. The maximum atomic E-state index is 13.1. The van der Waals surface area contributed by atoms with Gasteiger partial charge in [0, 0.05) is 33.5 Å². The molecule has 1 heterocycles. The van der Waals surface area contributed by atoms with Gasteiger partial charge in [-0.3, -0.25) is 14.4 Å². The molecule has 0 aliphatic heterocycles. The fourth-order valence-electron chi connectivity index (χ4n) is 3.68. The summed E-state index contributed by atoms with van der Waals surface area (Å²) < 4.78 is 0. The number of hydrogen-bond acceptors (Lipinski definition) is 5. The average molecular weight is 356 g/mol. The molecule has 0 bridgehead atoms. The SMILES string of the molecule is Nc1cc2c(=O)c3ccc4c(c3[nH]c2cc1O)C(=O)c1ccccc1C4=O. The van der Waals surface area contributed by atoms with E-state index in [9.17, 15) is 19.5 Å². The standard InChI is InChI=1S/C21H12N2O4/c22-14-7-13-15(8-16(14)24)23-18-12(20(13)26)6-5-11-17(18)21(27)10-4-2-1-3-9(10)19(11)25/h1-8,24H,22H2,(H,23,26). The normalized spacial score (nSPS) is 13.0. The van der Waals surface area contributed by atoms with Crippen LogP contribution in [0.1, 0.15) is 31.8 Å². The largest absolute Gasteiger partial charge is 0.506 e. The van der Waals surface area contributed by atoms with E-state index >= 15 is 0 Å². The number of carbonyl (C=O) groups is 2. The van der Waals surface area contributed by atoms with Gasteiger partial charge in [0.25, 0.3) is 0 Å². The van der Waals surface area contributed by atoms with Crippen molar-refractivity contribution in [2.45, 2.75) is 0 Å². The van der Waals surface area contributed by atoms with Gasteiger partial charge in [0.1, 0.15) is 5.75 Å². The zero-order valence-corrected chi connectivity index (χ0v) is 13.9. The zero-order valence-electron chi connectivity index (χ0n) is 13.9. The number of phenolic OH excluding ortho intramolecular Hbond substituents is 1. The first kappa shape index (κ1) is 15.3. The van der Waals surface area contributed by atoms with E-state index in [-0.39, 0.29) is 50.5 Å². The number of nitrogen functional groups attached to an aromatic ring is 1. The number of aromatic amines is 1. The second kappa shape index (κ2) is 5.04. The summed E-state index contributed by atoms with van der Waals surface area (Å²) in [6, 6.07) is 12.4. The molecule has 0 amide bonds. The number of carbonyl (C=O) groups excluding carboxylic acids is 2. The lowest BCUT2D eigenvalue weighted by Gasteiger charge is -2.19. The third-order valence-electron chi connectivity index (χ3n) is 5.01. The van der Waals surface area contributed by atoms with Crippen LogP contribution in [0.5, 0.6) is 5.75 Å². The average Bonchev–Trinajstić information content (AvgIpc) is 2.67. The van der Waals surface area contributed by atoms with Crippen molar-refractivity contribution in [3.05, 3.63) is 81.0 Å². The Morgan fingerprint density at radius 2 is 1.52 bits per heavy atom. The molecule has 0 radical (unpaired) electrons. The molecular formula is C21H12N2O4. The lowest BCUT2D eigenvalue weighted by atomic mass is 9.83. The summed E-state index contributed by atoms with van der Waals surface area (Å²) in [6.07, 6.45) is 0. The number of phenols is 1. The van der Waals surface area contributed by atoms with E-state index in [2.05, 4.69) is 4.98 Å². The van der Waals surface area contributed by atoms with Crippen molar-refractivity contribution in [2.75, 3.05) is 5.73 Å². The quantitative estimate of drug-likeness (QED) is 0.224. The molecule has 1 aliphatic carbocycles. The van der Waals surface area contributed by atoms with Crippen molar-refractivity contribution in [1.29, 1.82) is 0 Å². The van der Waals surface area contributed by atoms with Gasteiger partial charge in [0.15, 0.2) is 17.0 Å². The van der Waals surface area contributed by atoms with E-state index in [0.29, 0.717) is 22.0 Å². The molecule has 0 unspecified atom stereocenters. The molecule has 6 nitrogen and oxygen atoms in total. The molecule has 3 aromatic carbocycles. The lowest BCUT2D eigenvalue weighted by Crippen LogP contribution is -2.22. The number of ketones is 2. The van der Waals surface area contributed by atoms with E-state index in [1.54, 1.807) is 24.3 Å². The van der Waals surface area contributed by atoms with Crippen LogP contribution in [0.15, 0.2) is 53.3 Å². The van der Waals surface area contributed by atoms with Gasteiger partial charge in [-0.1, -0.05) is 24.3 Å². The highest BCUT2D eigenvalue weighted by Crippen LogP contribution is 2.32. The number of H-pyrrole nitrogens is 1. The number of pyridine rings is 1. The highest BCUT2D eigenvalue weighted by Gasteiger charge is 2.31. The Hall–Kier alpha value is -3.93. The van der Waals surface area contributed by atoms with Crippen LogP contribution in [0.4, 0.5) is 5.69 Å². The summed E-state index contributed by atoms with van der Waals surface area (Å²) in [5.41, 5.74) is 7.16. The summed E-state index contributed by atoms with van der Waals surface area (Å²) in [5, 5.41) is 10.5. The Kier molecular flexibility index (Phi) is 2.87. The van der Waals surface area contributed by atoms with Crippen LogP contribution in [0.3, 0.4) is 0 Å². The molecule has 0 atom stereocenters. The number of benzene rings is 3. The van der Waals surface area contributed by atoms with Crippen molar-refractivity contribution >= 4 is 39.1 Å². The van der Waals surface area contributed by atoms with E-state index in [1.165, 1.54) is 24.3 Å². The van der Waals surface area contributed by atoms with Crippen molar-refractivity contribution in [3.8, 4) is 5.75 Å². The number of fused-ring (bicyclic) bond motifs is 5. The smallest absolute Gasteiger partial charge is 0.197 e. The number of anilines is 1. The fourth-order valence-corrected chi connectivity index (χ4v) is 3.68. The van der Waals surface area contributed by atoms with Gasteiger partial charge in [0.05, 0.1) is 22.3 Å². The molecule has 4 N–H and O–H groups in total. The van der Waals surface area contributed by atoms with E-state index < -0.39 is 0 Å². The first-order chi connectivity index (χ1) is 13.0. The molecule has 1 aliphatic rings. The lowest BCUT2D eigenvalue weighted by molar-refractivity contribution is 0.0980. The second-order valence-electron chi connectivity index (χ2n) is 6.53. The highest BCUT2D eigenvalue weighted by atomic mass is 16.3. The zero-order chi connectivity index (χ0) is 18.9. The van der Waals surface area contributed by atoms with Crippen molar-refractivity contribution in [2.24, 2.45) is 0 Å². The summed E-state index contributed by atoms with van der Waals surface area (Å²) in [5.74, 6) is -0.751. The van der Waals surface area contributed by atoms with Crippen LogP contribution in [0, 0.1) is 0 Å². The Morgan fingerprint density at radius 3 is 2.26 bits per heavy atom. The number of aromatic hydroxyl groups is 1. The molecule has 4 aromatic rings. The molecule has 5 rings (SSSR count). The third-order valence-corrected chi connectivity index (χ3v) is 5.01. The van der Waals surface area contributed by atoms with Crippen LogP contribution in [-0.2, 0) is 0 Å². The second-order valence-corrected chi connectivity index (χ2v) is 6.53.